The number of hydrogen-bond acceptors (Lipinski definition) is 6. The van der Waals surface area contributed by atoms with E-state index in [0.29, 0.717) is 33.0 Å². The Labute approximate surface area is 318 Å². The van der Waals surface area contributed by atoms with Crippen LogP contribution in [-0.4, -0.2) is 46.1 Å². The fourth-order valence-corrected chi connectivity index (χ4v) is 7.50. The number of pyridine rings is 2. The van der Waals surface area contributed by atoms with Crippen molar-refractivity contribution in [3.63, 3.8) is 0 Å². The van der Waals surface area contributed by atoms with E-state index in [4.69, 9.17) is 32.7 Å². The van der Waals surface area contributed by atoms with E-state index in [-0.39, 0.29) is 36.1 Å². The minimum atomic E-state index is -0.0244. The summed E-state index contributed by atoms with van der Waals surface area (Å²) in [7, 11) is 0. The van der Waals surface area contributed by atoms with Crippen molar-refractivity contribution < 1.29 is 19.1 Å². The Hall–Kier alpha value is -4.14. The number of hydrogen-bond donors (Lipinski definition) is 2. The van der Waals surface area contributed by atoms with Crippen LogP contribution < -0.4 is 20.1 Å². The zero-order valence-corrected chi connectivity index (χ0v) is 31.6. The predicted octanol–water partition coefficient (Wildman–Crippen LogP) is 9.76. The third-order valence-corrected chi connectivity index (χ3v) is 10.7. The summed E-state index contributed by atoms with van der Waals surface area (Å²) >= 11 is 11.8. The van der Waals surface area contributed by atoms with Gasteiger partial charge in [0.05, 0.1) is 12.2 Å². The lowest BCUT2D eigenvalue weighted by Gasteiger charge is -2.34. The number of ether oxygens (including phenoxy) is 2. The molecule has 0 unspecified atom stereocenters. The molecular formula is C42H50Cl2N4O4. The van der Waals surface area contributed by atoms with E-state index < -0.39 is 0 Å². The molecule has 0 spiro atoms. The first-order valence-electron chi connectivity index (χ1n) is 18.6. The predicted molar refractivity (Wildman–Crippen MR) is 207 cm³/mol. The highest BCUT2D eigenvalue weighted by Gasteiger charge is 2.30. The summed E-state index contributed by atoms with van der Waals surface area (Å²) in [5, 5.41) is 7.69. The second kappa shape index (κ2) is 20.2. The molecule has 2 N–H and O–H groups in total. The van der Waals surface area contributed by atoms with Gasteiger partial charge < -0.3 is 20.1 Å². The minimum absolute atomic E-state index is 0.0244. The van der Waals surface area contributed by atoms with Gasteiger partial charge in [-0.2, -0.15) is 0 Å². The van der Waals surface area contributed by atoms with E-state index in [2.05, 4.69) is 34.4 Å². The molecule has 8 nitrogen and oxygen atoms in total. The van der Waals surface area contributed by atoms with Crippen molar-refractivity contribution in [1.82, 2.24) is 20.6 Å². The molecule has 2 aliphatic carbocycles. The smallest absolute Gasteiger partial charge is 0.251 e. The molecular weight excluding hydrogens is 695 g/mol. The van der Waals surface area contributed by atoms with E-state index in [9.17, 15) is 9.59 Å². The van der Waals surface area contributed by atoms with Crippen LogP contribution in [-0.2, 0) is 0 Å². The monoisotopic (exact) mass is 744 g/mol. The Balaban J connectivity index is 0.000000201. The summed E-state index contributed by atoms with van der Waals surface area (Å²) < 4.78 is 12.1. The molecule has 4 aromatic rings. The molecule has 276 valence electrons. The van der Waals surface area contributed by atoms with Crippen molar-refractivity contribution >= 4 is 35.0 Å². The zero-order chi connectivity index (χ0) is 36.7. The van der Waals surface area contributed by atoms with Crippen molar-refractivity contribution in [3.05, 3.63) is 119 Å². The average Bonchev–Trinajstić information content (AvgIpc) is 3.18. The highest BCUT2D eigenvalue weighted by molar-refractivity contribution is 6.31. The van der Waals surface area contributed by atoms with Crippen LogP contribution in [0.4, 0.5) is 0 Å². The van der Waals surface area contributed by atoms with Gasteiger partial charge in [0.1, 0.15) is 11.5 Å². The van der Waals surface area contributed by atoms with Gasteiger partial charge >= 0.3 is 0 Å². The lowest BCUT2D eigenvalue weighted by atomic mass is 9.81. The van der Waals surface area contributed by atoms with E-state index >= 15 is 0 Å². The summed E-state index contributed by atoms with van der Waals surface area (Å²) in [4.78, 5) is 33.0. The highest BCUT2D eigenvalue weighted by Crippen LogP contribution is 2.32. The first kappa shape index (κ1) is 39.1. The van der Waals surface area contributed by atoms with Crippen molar-refractivity contribution in [2.45, 2.75) is 102 Å². The Morgan fingerprint density at radius 3 is 1.21 bits per heavy atom. The van der Waals surface area contributed by atoms with Crippen LogP contribution in [0.2, 0.25) is 10.0 Å². The van der Waals surface area contributed by atoms with Crippen LogP contribution in [0.1, 0.15) is 98.8 Å². The van der Waals surface area contributed by atoms with Gasteiger partial charge in [0.15, 0.2) is 0 Å². The normalized spacial score (nSPS) is 21.0. The molecule has 6 rings (SSSR count). The summed E-state index contributed by atoms with van der Waals surface area (Å²) in [6.45, 7) is 4.26. The number of benzene rings is 2. The van der Waals surface area contributed by atoms with Gasteiger partial charge in [-0.15, -0.1) is 0 Å². The van der Waals surface area contributed by atoms with Gasteiger partial charge in [-0.25, -0.2) is 0 Å². The third-order valence-electron chi connectivity index (χ3n) is 10.2. The highest BCUT2D eigenvalue weighted by atomic mass is 35.5. The molecule has 0 saturated heterocycles. The molecule has 2 saturated carbocycles. The molecule has 2 aromatic heterocycles. The van der Waals surface area contributed by atoms with Crippen LogP contribution >= 0.6 is 23.2 Å². The van der Waals surface area contributed by atoms with Gasteiger partial charge in [0, 0.05) is 58.0 Å². The first-order chi connectivity index (χ1) is 25.3. The molecule has 2 amide bonds. The fraction of sp³-hybridized carbons (Fsp3) is 0.429. The summed E-state index contributed by atoms with van der Waals surface area (Å²) in [5.41, 5.74) is 1.31. The van der Waals surface area contributed by atoms with Crippen LogP contribution in [0.15, 0.2) is 97.6 Å². The maximum atomic E-state index is 12.5. The molecule has 0 aliphatic heterocycles. The van der Waals surface area contributed by atoms with Crippen molar-refractivity contribution in [2.24, 2.45) is 11.8 Å². The number of rotatable bonds is 12. The maximum absolute atomic E-state index is 12.5. The number of nitrogens with zero attached hydrogens (tertiary/aromatic N) is 2. The lowest BCUT2D eigenvalue weighted by molar-refractivity contribution is 0.0861. The van der Waals surface area contributed by atoms with Gasteiger partial charge in [-0.3, -0.25) is 19.6 Å². The Morgan fingerprint density at radius 1 is 0.577 bits per heavy atom. The second-order valence-electron chi connectivity index (χ2n) is 13.7. The Bertz CT molecular complexity index is 1520. The molecule has 2 atom stereocenters. The first-order valence-corrected chi connectivity index (χ1v) is 19.3. The number of aromatic nitrogens is 2. The fourth-order valence-electron chi connectivity index (χ4n) is 7.25. The molecule has 2 fully saturated rings. The second-order valence-corrected chi connectivity index (χ2v) is 14.5. The van der Waals surface area contributed by atoms with Crippen molar-refractivity contribution in [2.75, 3.05) is 0 Å². The Kier molecular flexibility index (Phi) is 15.2. The molecule has 10 heteroatoms. The number of nitrogens with one attached hydrogen (secondary N) is 2. The molecule has 2 aliphatic rings. The number of amides is 2. The molecule has 2 aromatic carbocycles. The maximum Gasteiger partial charge on any atom is 0.251 e. The topological polar surface area (TPSA) is 102 Å². The summed E-state index contributed by atoms with van der Waals surface area (Å²) in [6.07, 6.45) is 17.7. The van der Waals surface area contributed by atoms with Crippen molar-refractivity contribution in [1.29, 1.82) is 0 Å². The number of carbonyl (C=O) groups is 2. The average molecular weight is 746 g/mol. The summed E-state index contributed by atoms with van der Waals surface area (Å²) in [5.74, 6) is 2.70. The van der Waals surface area contributed by atoms with E-state index in [1.54, 1.807) is 73.3 Å². The van der Waals surface area contributed by atoms with Crippen LogP contribution in [0.25, 0.3) is 0 Å². The summed E-state index contributed by atoms with van der Waals surface area (Å²) in [6, 6.07) is 22.0. The molecule has 0 bridgehead atoms. The van der Waals surface area contributed by atoms with E-state index in [1.165, 1.54) is 0 Å². The number of carbonyl (C=O) groups excluding carboxylic acids is 2. The van der Waals surface area contributed by atoms with Gasteiger partial charge in [-0.1, -0.05) is 37.0 Å². The minimum Gasteiger partial charge on any atom is -0.490 e. The van der Waals surface area contributed by atoms with Crippen LogP contribution in [0, 0.1) is 11.8 Å². The molecule has 2 heterocycles. The quantitative estimate of drug-likeness (QED) is 0.150. The molecule has 0 radical (unpaired) electrons. The molecule has 52 heavy (non-hydrogen) atoms. The van der Waals surface area contributed by atoms with E-state index in [0.717, 1.165) is 75.7 Å². The lowest BCUT2D eigenvalue weighted by Crippen LogP contribution is -2.42. The largest absolute Gasteiger partial charge is 0.490 e. The third kappa shape index (κ3) is 12.0. The Morgan fingerprint density at radius 2 is 0.904 bits per heavy atom. The van der Waals surface area contributed by atoms with Crippen molar-refractivity contribution in [3.8, 4) is 11.5 Å². The van der Waals surface area contributed by atoms with Gasteiger partial charge in [0.2, 0.25) is 0 Å². The van der Waals surface area contributed by atoms with Gasteiger partial charge in [-0.05, 0) is 149 Å². The zero-order valence-electron chi connectivity index (χ0n) is 30.1. The van der Waals surface area contributed by atoms with Gasteiger partial charge in [0.25, 0.3) is 11.8 Å². The van der Waals surface area contributed by atoms with Crippen LogP contribution in [0.5, 0.6) is 11.5 Å². The SMILES string of the molecule is CC[C@@H](NC(=O)c1ccc(Cl)cc1)[C@H]1CC[C@@H](Oc2ccncc2)CC1.CC[C@H](NC(=O)c1ccc(Cl)cc1)[C@H]1CC[C@@H](Oc2ccncc2)CC1. The van der Waals surface area contributed by atoms with E-state index in [1.807, 2.05) is 24.3 Å². The standard InChI is InChI=1S/2C21H25ClN2O2/c2*1-2-20(24-21(25)16-3-7-17(22)8-4-16)15-5-9-18(10-6-15)26-19-11-13-23-14-12-19/h2*3-4,7-8,11-15,18,20H,2,5-6,9-10H2,1H3,(H,24,25)/t2*15-,18+,20-/m10/s1. The number of halogens is 2. The van der Waals surface area contributed by atoms with Crippen LogP contribution in [0.3, 0.4) is 0 Å².